The topological polar surface area (TPSA) is 38.3 Å². The first-order valence-corrected chi connectivity index (χ1v) is 4.27. The summed E-state index contributed by atoms with van der Waals surface area (Å²) < 4.78 is 5.15. The average molecular weight is 177 g/mol. The largest absolute Gasteiger partial charge is 0.495 e. The van der Waals surface area contributed by atoms with Crippen molar-refractivity contribution in [3.63, 3.8) is 0 Å². The Morgan fingerprint density at radius 1 is 1.46 bits per heavy atom. The minimum atomic E-state index is 0.188. The molecule has 68 valence electrons. The molecular formula is C10H11NO2. The van der Waals surface area contributed by atoms with Gasteiger partial charge in [-0.2, -0.15) is 0 Å². The molecule has 0 aliphatic carbocycles. The Hall–Kier alpha value is -1.51. The van der Waals surface area contributed by atoms with Gasteiger partial charge in [0, 0.05) is 18.5 Å². The molecule has 0 spiro atoms. The Morgan fingerprint density at radius 2 is 2.31 bits per heavy atom. The van der Waals surface area contributed by atoms with Crippen LogP contribution in [0, 0.1) is 0 Å². The first-order chi connectivity index (χ1) is 6.33. The molecule has 1 aromatic rings. The second-order valence-electron chi connectivity index (χ2n) is 2.98. The molecule has 0 unspecified atom stereocenters. The van der Waals surface area contributed by atoms with Crippen LogP contribution in [0.5, 0.6) is 5.75 Å². The molecule has 2 rings (SSSR count). The van der Waals surface area contributed by atoms with Gasteiger partial charge in [0.25, 0.3) is 0 Å². The Kier molecular flexibility index (Phi) is 1.93. The second kappa shape index (κ2) is 3.09. The molecule has 1 N–H and O–H groups in total. The number of carbonyl (C=O) groups is 1. The van der Waals surface area contributed by atoms with E-state index in [-0.39, 0.29) is 5.78 Å². The van der Waals surface area contributed by atoms with Crippen molar-refractivity contribution in [3.05, 3.63) is 23.8 Å². The second-order valence-corrected chi connectivity index (χ2v) is 2.98. The number of Topliss-reactive ketones (excluding diaryl/α,β-unsaturated/α-hetero) is 1. The van der Waals surface area contributed by atoms with Crippen molar-refractivity contribution < 1.29 is 9.53 Å². The molecule has 1 aliphatic rings. The molecule has 0 fully saturated rings. The third-order valence-corrected chi connectivity index (χ3v) is 2.20. The number of hydrogen-bond donors (Lipinski definition) is 1. The SMILES string of the molecule is COc1cccc2c1NCCC2=O. The zero-order chi connectivity index (χ0) is 9.26. The summed E-state index contributed by atoms with van der Waals surface area (Å²) in [7, 11) is 1.61. The van der Waals surface area contributed by atoms with E-state index in [1.165, 1.54) is 0 Å². The first kappa shape index (κ1) is 8.10. The number of methoxy groups -OCH3 is 1. The smallest absolute Gasteiger partial charge is 0.166 e. The fourth-order valence-corrected chi connectivity index (χ4v) is 1.55. The summed E-state index contributed by atoms with van der Waals surface area (Å²) in [6, 6.07) is 5.51. The van der Waals surface area contributed by atoms with Crippen LogP contribution >= 0.6 is 0 Å². The number of benzene rings is 1. The maximum Gasteiger partial charge on any atom is 0.166 e. The number of ketones is 1. The predicted molar refractivity (Wildman–Crippen MR) is 50.4 cm³/mol. The number of anilines is 1. The van der Waals surface area contributed by atoms with Crippen LogP contribution < -0.4 is 10.1 Å². The standard InChI is InChI=1S/C10H11NO2/c1-13-9-4-2-3-7-8(12)5-6-11-10(7)9/h2-4,11H,5-6H2,1H3. The van der Waals surface area contributed by atoms with E-state index in [2.05, 4.69) is 5.32 Å². The predicted octanol–water partition coefficient (Wildman–Crippen LogP) is 1.69. The van der Waals surface area contributed by atoms with Crippen LogP contribution in [-0.2, 0) is 0 Å². The minimum Gasteiger partial charge on any atom is -0.495 e. The van der Waals surface area contributed by atoms with Crippen LogP contribution in [0.15, 0.2) is 18.2 Å². The van der Waals surface area contributed by atoms with Crippen molar-refractivity contribution in [2.75, 3.05) is 19.0 Å². The van der Waals surface area contributed by atoms with Crippen LogP contribution in [0.2, 0.25) is 0 Å². The lowest BCUT2D eigenvalue weighted by atomic mass is 10.0. The Morgan fingerprint density at radius 3 is 3.08 bits per heavy atom. The zero-order valence-corrected chi connectivity index (χ0v) is 7.46. The van der Waals surface area contributed by atoms with Crippen molar-refractivity contribution in [1.82, 2.24) is 0 Å². The van der Waals surface area contributed by atoms with Gasteiger partial charge in [0.05, 0.1) is 12.8 Å². The molecule has 0 aromatic heterocycles. The third-order valence-electron chi connectivity index (χ3n) is 2.20. The van der Waals surface area contributed by atoms with Gasteiger partial charge in [0.15, 0.2) is 5.78 Å². The van der Waals surface area contributed by atoms with Crippen molar-refractivity contribution in [2.24, 2.45) is 0 Å². The molecule has 1 aliphatic heterocycles. The summed E-state index contributed by atoms with van der Waals surface area (Å²) in [5, 5.41) is 3.17. The molecule has 0 radical (unpaired) electrons. The lowest BCUT2D eigenvalue weighted by molar-refractivity contribution is 0.0983. The zero-order valence-electron chi connectivity index (χ0n) is 7.46. The van der Waals surface area contributed by atoms with E-state index in [0.29, 0.717) is 13.0 Å². The van der Waals surface area contributed by atoms with Crippen LogP contribution in [0.3, 0.4) is 0 Å². The highest BCUT2D eigenvalue weighted by Gasteiger charge is 2.19. The van der Waals surface area contributed by atoms with Gasteiger partial charge < -0.3 is 10.1 Å². The van der Waals surface area contributed by atoms with Crippen molar-refractivity contribution in [3.8, 4) is 5.75 Å². The molecule has 1 heterocycles. The van der Waals surface area contributed by atoms with Crippen LogP contribution in [0.25, 0.3) is 0 Å². The quantitative estimate of drug-likeness (QED) is 0.709. The highest BCUT2D eigenvalue weighted by atomic mass is 16.5. The number of rotatable bonds is 1. The summed E-state index contributed by atoms with van der Waals surface area (Å²) >= 11 is 0. The normalized spacial score (nSPS) is 14.7. The molecule has 1 aromatic carbocycles. The molecular weight excluding hydrogens is 166 g/mol. The Balaban J connectivity index is 2.54. The minimum absolute atomic E-state index is 0.188. The van der Waals surface area contributed by atoms with Gasteiger partial charge in [-0.05, 0) is 12.1 Å². The lowest BCUT2D eigenvalue weighted by Gasteiger charge is -2.18. The molecule has 0 bridgehead atoms. The van der Waals surface area contributed by atoms with Gasteiger partial charge in [-0.15, -0.1) is 0 Å². The van der Waals surface area contributed by atoms with Gasteiger partial charge in [0.2, 0.25) is 0 Å². The van der Waals surface area contributed by atoms with E-state index >= 15 is 0 Å². The summed E-state index contributed by atoms with van der Waals surface area (Å²) in [4.78, 5) is 11.5. The maximum absolute atomic E-state index is 11.5. The number of nitrogens with one attached hydrogen (secondary N) is 1. The summed E-state index contributed by atoms with van der Waals surface area (Å²) in [6.07, 6.45) is 0.570. The first-order valence-electron chi connectivity index (χ1n) is 4.27. The number of para-hydroxylation sites is 1. The van der Waals surface area contributed by atoms with Gasteiger partial charge >= 0.3 is 0 Å². The molecule has 0 saturated carbocycles. The number of hydrogen-bond acceptors (Lipinski definition) is 3. The highest BCUT2D eigenvalue weighted by Crippen LogP contribution is 2.31. The molecule has 0 amide bonds. The Bertz CT molecular complexity index is 347. The van der Waals surface area contributed by atoms with E-state index in [9.17, 15) is 4.79 Å². The number of ether oxygens (including phenoxy) is 1. The highest BCUT2D eigenvalue weighted by molar-refractivity contribution is 6.04. The van der Waals surface area contributed by atoms with Crippen molar-refractivity contribution in [1.29, 1.82) is 0 Å². The van der Waals surface area contributed by atoms with Crippen LogP contribution in [0.1, 0.15) is 16.8 Å². The number of carbonyl (C=O) groups excluding carboxylic acids is 1. The van der Waals surface area contributed by atoms with Gasteiger partial charge in [0.1, 0.15) is 5.75 Å². The fourth-order valence-electron chi connectivity index (χ4n) is 1.55. The Labute approximate surface area is 76.7 Å². The van der Waals surface area contributed by atoms with E-state index < -0.39 is 0 Å². The van der Waals surface area contributed by atoms with Crippen LogP contribution in [0.4, 0.5) is 5.69 Å². The summed E-state index contributed by atoms with van der Waals surface area (Å²) in [5.41, 5.74) is 1.58. The molecule has 3 heteroatoms. The average Bonchev–Trinajstić information content (AvgIpc) is 2.18. The van der Waals surface area contributed by atoms with E-state index in [0.717, 1.165) is 17.0 Å². The summed E-state index contributed by atoms with van der Waals surface area (Å²) in [5.74, 6) is 0.929. The van der Waals surface area contributed by atoms with E-state index in [1.807, 2.05) is 18.2 Å². The van der Waals surface area contributed by atoms with Crippen molar-refractivity contribution in [2.45, 2.75) is 6.42 Å². The molecule has 13 heavy (non-hydrogen) atoms. The molecule has 0 atom stereocenters. The maximum atomic E-state index is 11.5. The number of fused-ring (bicyclic) bond motifs is 1. The van der Waals surface area contributed by atoms with Gasteiger partial charge in [-0.3, -0.25) is 4.79 Å². The van der Waals surface area contributed by atoms with Crippen LogP contribution in [-0.4, -0.2) is 19.4 Å². The third kappa shape index (κ3) is 1.26. The monoisotopic (exact) mass is 177 g/mol. The van der Waals surface area contributed by atoms with Crippen molar-refractivity contribution >= 4 is 11.5 Å². The van der Waals surface area contributed by atoms with E-state index in [4.69, 9.17) is 4.74 Å². The fraction of sp³-hybridized carbons (Fsp3) is 0.300. The lowest BCUT2D eigenvalue weighted by Crippen LogP contribution is -2.18. The van der Waals surface area contributed by atoms with Gasteiger partial charge in [-0.25, -0.2) is 0 Å². The molecule has 0 saturated heterocycles. The molecule has 3 nitrogen and oxygen atoms in total. The van der Waals surface area contributed by atoms with E-state index in [1.54, 1.807) is 7.11 Å². The van der Waals surface area contributed by atoms with Gasteiger partial charge in [-0.1, -0.05) is 6.07 Å². The summed E-state index contributed by atoms with van der Waals surface area (Å²) in [6.45, 7) is 0.701.